The lowest BCUT2D eigenvalue weighted by molar-refractivity contribution is -0.119. The van der Waals surface area contributed by atoms with Crippen molar-refractivity contribution in [3.8, 4) is 11.5 Å². The number of carbonyl (C=O) groups is 2. The first-order chi connectivity index (χ1) is 14.7. The molecule has 0 bridgehead atoms. The van der Waals surface area contributed by atoms with Gasteiger partial charge >= 0.3 is 5.97 Å². The van der Waals surface area contributed by atoms with E-state index in [0.29, 0.717) is 17.2 Å². The average Bonchev–Trinajstić information content (AvgIpc) is 2.74. The minimum Gasteiger partial charge on any atom is -0.457 e. The van der Waals surface area contributed by atoms with Gasteiger partial charge in [-0.1, -0.05) is 29.8 Å². The van der Waals surface area contributed by atoms with Crippen LogP contribution in [0.5, 0.6) is 11.5 Å². The smallest absolute Gasteiger partial charge is 0.340 e. The molecule has 8 nitrogen and oxygen atoms in total. The number of carbonyl (C=O) groups excluding carboxylic acids is 2. The molecule has 0 aliphatic heterocycles. The van der Waals surface area contributed by atoms with E-state index < -0.39 is 28.5 Å². The van der Waals surface area contributed by atoms with Crippen LogP contribution >= 0.6 is 11.6 Å². The standard InChI is InChI=1S/C21H17ClN2O6S/c22-19-11-10-17(31(23,27)28)12-18(19)21(26)29-13-20(25)24-14-6-8-16(9-7-14)30-15-4-2-1-3-5-15/h1-12H,13H2,(H,24,25)(H2,23,27,28). The first kappa shape index (κ1) is 22.3. The van der Waals surface area contributed by atoms with Crippen molar-refractivity contribution in [1.29, 1.82) is 0 Å². The van der Waals surface area contributed by atoms with E-state index in [-0.39, 0.29) is 15.5 Å². The van der Waals surface area contributed by atoms with Gasteiger partial charge in [-0.05, 0) is 54.6 Å². The molecule has 10 heteroatoms. The van der Waals surface area contributed by atoms with Crippen LogP contribution in [0.3, 0.4) is 0 Å². The molecule has 0 aliphatic rings. The number of halogens is 1. The molecule has 0 saturated heterocycles. The summed E-state index contributed by atoms with van der Waals surface area (Å²) in [4.78, 5) is 23.9. The SMILES string of the molecule is NS(=O)(=O)c1ccc(Cl)c(C(=O)OCC(=O)Nc2ccc(Oc3ccccc3)cc2)c1. The molecule has 31 heavy (non-hydrogen) atoms. The number of nitrogens with one attached hydrogen (secondary N) is 1. The Morgan fingerprint density at radius 1 is 0.935 bits per heavy atom. The Morgan fingerprint density at radius 2 is 1.58 bits per heavy atom. The number of anilines is 1. The van der Waals surface area contributed by atoms with Crippen molar-refractivity contribution in [3.63, 3.8) is 0 Å². The zero-order chi connectivity index (χ0) is 22.4. The van der Waals surface area contributed by atoms with Crippen LogP contribution in [0.2, 0.25) is 5.02 Å². The third kappa shape index (κ3) is 6.29. The highest BCUT2D eigenvalue weighted by Crippen LogP contribution is 2.23. The van der Waals surface area contributed by atoms with Gasteiger partial charge in [-0.2, -0.15) is 0 Å². The summed E-state index contributed by atoms with van der Waals surface area (Å²) in [7, 11) is -4.03. The van der Waals surface area contributed by atoms with E-state index >= 15 is 0 Å². The second kappa shape index (κ2) is 9.61. The number of esters is 1. The van der Waals surface area contributed by atoms with E-state index in [1.807, 2.05) is 30.3 Å². The summed E-state index contributed by atoms with van der Waals surface area (Å²) >= 11 is 5.91. The van der Waals surface area contributed by atoms with Gasteiger partial charge in [0.25, 0.3) is 5.91 Å². The average molecular weight is 461 g/mol. The van der Waals surface area contributed by atoms with Crippen molar-refractivity contribution in [1.82, 2.24) is 0 Å². The van der Waals surface area contributed by atoms with E-state index in [9.17, 15) is 18.0 Å². The van der Waals surface area contributed by atoms with Crippen LogP contribution in [0.15, 0.2) is 77.7 Å². The molecule has 3 rings (SSSR count). The number of amides is 1. The number of para-hydroxylation sites is 1. The van der Waals surface area contributed by atoms with Crippen molar-refractivity contribution >= 4 is 39.2 Å². The number of rotatable bonds is 7. The largest absolute Gasteiger partial charge is 0.457 e. The van der Waals surface area contributed by atoms with Crippen molar-refractivity contribution in [2.24, 2.45) is 5.14 Å². The minimum absolute atomic E-state index is 0.0354. The van der Waals surface area contributed by atoms with Crippen molar-refractivity contribution in [2.75, 3.05) is 11.9 Å². The van der Waals surface area contributed by atoms with Gasteiger partial charge in [0.2, 0.25) is 10.0 Å². The quantitative estimate of drug-likeness (QED) is 0.519. The molecule has 0 fully saturated rings. The molecule has 3 N–H and O–H groups in total. The van der Waals surface area contributed by atoms with Crippen LogP contribution < -0.4 is 15.2 Å². The first-order valence-electron chi connectivity index (χ1n) is 8.85. The fourth-order valence-electron chi connectivity index (χ4n) is 2.47. The molecule has 0 spiro atoms. The summed E-state index contributed by atoms with van der Waals surface area (Å²) < 4.78 is 33.4. The number of hydrogen-bond acceptors (Lipinski definition) is 6. The molecule has 0 saturated carbocycles. The molecule has 0 aromatic heterocycles. The summed E-state index contributed by atoms with van der Waals surface area (Å²) in [6.07, 6.45) is 0. The van der Waals surface area contributed by atoms with Gasteiger partial charge in [0.1, 0.15) is 11.5 Å². The van der Waals surface area contributed by atoms with Crippen LogP contribution in [0, 0.1) is 0 Å². The van der Waals surface area contributed by atoms with E-state index in [2.05, 4.69) is 5.32 Å². The predicted molar refractivity (Wildman–Crippen MR) is 115 cm³/mol. The van der Waals surface area contributed by atoms with Crippen LogP contribution in [-0.4, -0.2) is 26.9 Å². The predicted octanol–water partition coefficient (Wildman–Crippen LogP) is 3.58. The normalized spacial score (nSPS) is 10.9. The van der Waals surface area contributed by atoms with Gasteiger partial charge in [-0.25, -0.2) is 18.4 Å². The lowest BCUT2D eigenvalue weighted by Crippen LogP contribution is -2.21. The van der Waals surface area contributed by atoms with Gasteiger partial charge < -0.3 is 14.8 Å². The van der Waals surface area contributed by atoms with E-state index in [1.54, 1.807) is 24.3 Å². The maximum absolute atomic E-state index is 12.2. The first-order valence-corrected chi connectivity index (χ1v) is 10.8. The Kier molecular flexibility index (Phi) is 6.91. The molecule has 0 radical (unpaired) electrons. The molecule has 3 aromatic carbocycles. The molecule has 3 aromatic rings. The topological polar surface area (TPSA) is 125 Å². The Hall–Kier alpha value is -3.40. The number of benzene rings is 3. The third-order valence-electron chi connectivity index (χ3n) is 3.94. The monoisotopic (exact) mass is 460 g/mol. The molecule has 0 unspecified atom stereocenters. The highest BCUT2D eigenvalue weighted by molar-refractivity contribution is 7.89. The van der Waals surface area contributed by atoms with Crippen LogP contribution in [-0.2, 0) is 19.6 Å². The third-order valence-corrected chi connectivity index (χ3v) is 5.18. The van der Waals surface area contributed by atoms with Gasteiger partial charge in [0, 0.05) is 5.69 Å². The summed E-state index contributed by atoms with van der Waals surface area (Å²) in [5.41, 5.74) is 0.249. The van der Waals surface area contributed by atoms with Crippen LogP contribution in [0.25, 0.3) is 0 Å². The molecule has 0 aliphatic carbocycles. The number of ether oxygens (including phenoxy) is 2. The van der Waals surface area contributed by atoms with E-state index in [0.717, 1.165) is 12.1 Å². The molecule has 0 atom stereocenters. The van der Waals surface area contributed by atoms with E-state index in [1.165, 1.54) is 6.07 Å². The molecule has 1 amide bonds. The Balaban J connectivity index is 1.56. The summed E-state index contributed by atoms with van der Waals surface area (Å²) in [6, 6.07) is 19.2. The fourth-order valence-corrected chi connectivity index (χ4v) is 3.21. The second-order valence-electron chi connectivity index (χ2n) is 6.25. The lowest BCUT2D eigenvalue weighted by Gasteiger charge is -2.09. The molecule has 160 valence electrons. The van der Waals surface area contributed by atoms with Crippen molar-refractivity contribution in [3.05, 3.63) is 83.4 Å². The number of primary sulfonamides is 1. The van der Waals surface area contributed by atoms with E-state index in [4.69, 9.17) is 26.2 Å². The number of sulfonamides is 1. The van der Waals surface area contributed by atoms with Gasteiger partial charge in [0.15, 0.2) is 6.61 Å². The minimum atomic E-state index is -4.03. The van der Waals surface area contributed by atoms with Crippen molar-refractivity contribution < 1.29 is 27.5 Å². The lowest BCUT2D eigenvalue weighted by atomic mass is 10.2. The Morgan fingerprint density at radius 3 is 2.23 bits per heavy atom. The zero-order valence-corrected chi connectivity index (χ0v) is 17.5. The molecular formula is C21H17ClN2O6S. The Labute approximate surface area is 183 Å². The summed E-state index contributed by atoms with van der Waals surface area (Å²) in [5, 5.41) is 7.58. The molecule has 0 heterocycles. The second-order valence-corrected chi connectivity index (χ2v) is 8.22. The summed E-state index contributed by atoms with van der Waals surface area (Å²) in [6.45, 7) is -0.600. The maximum Gasteiger partial charge on any atom is 0.340 e. The zero-order valence-electron chi connectivity index (χ0n) is 15.9. The Bertz CT molecular complexity index is 1200. The number of nitrogens with two attached hydrogens (primary N) is 1. The summed E-state index contributed by atoms with van der Waals surface area (Å²) in [5.74, 6) is -0.294. The van der Waals surface area contributed by atoms with Crippen LogP contribution in [0.1, 0.15) is 10.4 Å². The number of hydrogen-bond donors (Lipinski definition) is 2. The van der Waals surface area contributed by atoms with Crippen LogP contribution in [0.4, 0.5) is 5.69 Å². The maximum atomic E-state index is 12.2. The fraction of sp³-hybridized carbons (Fsp3) is 0.0476. The van der Waals surface area contributed by atoms with Gasteiger partial charge in [0.05, 0.1) is 15.5 Å². The molecular weight excluding hydrogens is 444 g/mol. The highest BCUT2D eigenvalue weighted by Gasteiger charge is 2.18. The van der Waals surface area contributed by atoms with Crippen molar-refractivity contribution in [2.45, 2.75) is 4.90 Å². The highest BCUT2D eigenvalue weighted by atomic mass is 35.5. The van der Waals surface area contributed by atoms with Gasteiger partial charge in [-0.3, -0.25) is 4.79 Å². The van der Waals surface area contributed by atoms with Gasteiger partial charge in [-0.15, -0.1) is 0 Å².